The number of hydrogen-bond donors (Lipinski definition) is 0. The van der Waals surface area contributed by atoms with Crippen LogP contribution in [0.2, 0.25) is 0 Å². The van der Waals surface area contributed by atoms with Crippen molar-refractivity contribution in [1.29, 1.82) is 0 Å². The second-order valence-corrected chi connectivity index (χ2v) is 6.82. The fourth-order valence-electron chi connectivity index (χ4n) is 1.49. The molecule has 3 heteroatoms. The zero-order chi connectivity index (χ0) is 9.03. The number of halogens is 1. The zero-order valence-electron chi connectivity index (χ0n) is 7.81. The topological polar surface area (TPSA) is 18.5 Å². The molecule has 2 nitrogen and oxygen atoms in total. The minimum absolute atomic E-state index is 0.0785. The number of alkyl halides is 1. The van der Waals surface area contributed by atoms with Gasteiger partial charge >= 0.3 is 0 Å². The van der Waals surface area contributed by atoms with Crippen LogP contribution < -0.4 is 0 Å². The van der Waals surface area contributed by atoms with Crippen molar-refractivity contribution in [2.24, 2.45) is 0 Å². The van der Waals surface area contributed by atoms with Crippen molar-refractivity contribution < 1.29 is 9.47 Å². The first-order valence-electron chi connectivity index (χ1n) is 4.20. The Hall–Kier alpha value is 0.520. The van der Waals surface area contributed by atoms with E-state index >= 15 is 0 Å². The third-order valence-electron chi connectivity index (χ3n) is 2.31. The van der Waals surface area contributed by atoms with Gasteiger partial charge < -0.3 is 9.47 Å². The molecule has 1 rings (SSSR count). The first-order chi connectivity index (χ1) is 5.70. The van der Waals surface area contributed by atoms with Gasteiger partial charge in [-0.3, -0.25) is 0 Å². The van der Waals surface area contributed by atoms with Crippen molar-refractivity contribution in [2.45, 2.75) is 29.3 Å². The summed E-state index contributed by atoms with van der Waals surface area (Å²) >= 11 is 0.0785. The Kier molecular flexibility index (Phi) is 4.13. The summed E-state index contributed by atoms with van der Waals surface area (Å²) in [5, 5.41) is 0. The Morgan fingerprint density at radius 3 is 3.08 bits per heavy atom. The lowest BCUT2D eigenvalue weighted by atomic mass is 9.98. The highest BCUT2D eigenvalue weighted by atomic mass is 127. The SMILES string of the molecule is C=I[C@@]1(C)CCO[C@H](COC)C1. The van der Waals surface area contributed by atoms with Crippen LogP contribution in [-0.4, -0.2) is 34.4 Å². The van der Waals surface area contributed by atoms with E-state index in [9.17, 15) is 0 Å². The van der Waals surface area contributed by atoms with Crippen molar-refractivity contribution in [2.75, 3.05) is 20.3 Å². The van der Waals surface area contributed by atoms with Gasteiger partial charge in [-0.2, -0.15) is 0 Å². The fraction of sp³-hybridized carbons (Fsp3) is 0.889. The highest BCUT2D eigenvalue weighted by Crippen LogP contribution is 2.36. The second kappa shape index (κ2) is 4.67. The first-order valence-corrected chi connectivity index (χ1v) is 6.81. The van der Waals surface area contributed by atoms with E-state index in [4.69, 9.17) is 9.47 Å². The van der Waals surface area contributed by atoms with E-state index < -0.39 is 0 Å². The second-order valence-electron chi connectivity index (χ2n) is 3.45. The van der Waals surface area contributed by atoms with Crippen LogP contribution >= 0.6 is 20.7 Å². The lowest BCUT2D eigenvalue weighted by Crippen LogP contribution is -2.36. The third kappa shape index (κ3) is 2.78. The minimum atomic E-state index is 0.0785. The van der Waals surface area contributed by atoms with E-state index in [0.29, 0.717) is 9.53 Å². The lowest BCUT2D eigenvalue weighted by Gasteiger charge is -2.34. The van der Waals surface area contributed by atoms with Crippen molar-refractivity contribution in [3.63, 3.8) is 0 Å². The summed E-state index contributed by atoms with van der Waals surface area (Å²) in [6, 6.07) is 0. The lowest BCUT2D eigenvalue weighted by molar-refractivity contribution is -0.0358. The largest absolute Gasteiger partial charge is 0.382 e. The average Bonchev–Trinajstić information content (AvgIpc) is 2.05. The van der Waals surface area contributed by atoms with Crippen LogP contribution in [0.5, 0.6) is 0 Å². The molecule has 72 valence electrons. The van der Waals surface area contributed by atoms with Crippen LogP contribution in [0.25, 0.3) is 0 Å². The average molecular weight is 284 g/mol. The van der Waals surface area contributed by atoms with Gasteiger partial charge in [0.1, 0.15) is 0 Å². The fourth-order valence-corrected chi connectivity index (χ4v) is 2.89. The maximum atomic E-state index is 5.58. The van der Waals surface area contributed by atoms with E-state index in [0.717, 1.165) is 19.6 Å². The summed E-state index contributed by atoms with van der Waals surface area (Å²) in [5.74, 6) is 0. The van der Waals surface area contributed by atoms with Crippen molar-refractivity contribution >= 4 is 25.2 Å². The highest BCUT2D eigenvalue weighted by molar-refractivity contribution is 14.2. The highest BCUT2D eigenvalue weighted by Gasteiger charge is 2.30. The minimum Gasteiger partial charge on any atom is -0.382 e. The van der Waals surface area contributed by atoms with Gasteiger partial charge in [-0.05, 0) is 12.8 Å². The summed E-state index contributed by atoms with van der Waals surface area (Å²) in [7, 11) is 1.73. The monoisotopic (exact) mass is 284 g/mol. The van der Waals surface area contributed by atoms with Gasteiger partial charge in [-0.1, -0.05) is 11.4 Å². The molecule has 1 fully saturated rings. The van der Waals surface area contributed by atoms with Gasteiger partial charge in [0.2, 0.25) is 0 Å². The molecule has 0 spiro atoms. The molecular formula is C9H17IO2. The standard InChI is InChI=1S/C9H17IO2/c1-9(10-2)4-5-12-8(6-9)7-11-3/h8H,2,4-7H2,1,3H3/t8-,9-/m0/s1. The first kappa shape index (κ1) is 10.6. The summed E-state index contributed by atoms with van der Waals surface area (Å²) in [6.07, 6.45) is 2.64. The molecule has 1 heterocycles. The number of methoxy groups -OCH3 is 1. The molecule has 2 atom stereocenters. The van der Waals surface area contributed by atoms with E-state index in [1.807, 2.05) is 0 Å². The van der Waals surface area contributed by atoms with Crippen LogP contribution in [0.1, 0.15) is 19.8 Å². The zero-order valence-corrected chi connectivity index (χ0v) is 9.96. The molecule has 0 bridgehead atoms. The molecule has 0 aromatic rings. The maximum absolute atomic E-state index is 5.58. The number of rotatable bonds is 3. The summed E-state index contributed by atoms with van der Waals surface area (Å²) < 4.78 is 15.2. The molecule has 12 heavy (non-hydrogen) atoms. The van der Waals surface area contributed by atoms with Gasteiger partial charge in [-0.25, -0.2) is 0 Å². The Labute approximate surface area is 84.4 Å². The van der Waals surface area contributed by atoms with Crippen LogP contribution in [-0.2, 0) is 9.47 Å². The molecule has 0 amide bonds. The Morgan fingerprint density at radius 1 is 1.75 bits per heavy atom. The van der Waals surface area contributed by atoms with Crippen LogP contribution in [0, 0.1) is 0 Å². The predicted octanol–water partition coefficient (Wildman–Crippen LogP) is 1.97. The molecule has 0 radical (unpaired) electrons. The predicted molar refractivity (Wildman–Crippen MR) is 60.4 cm³/mol. The van der Waals surface area contributed by atoms with E-state index in [1.165, 1.54) is 6.42 Å². The van der Waals surface area contributed by atoms with E-state index in [1.54, 1.807) is 7.11 Å². The van der Waals surface area contributed by atoms with Crippen molar-refractivity contribution in [1.82, 2.24) is 0 Å². The summed E-state index contributed by atoms with van der Waals surface area (Å²) in [4.78, 5) is 0. The molecule has 1 aliphatic heterocycles. The quantitative estimate of drug-likeness (QED) is 0.583. The maximum Gasteiger partial charge on any atom is 0.0820 e. The van der Waals surface area contributed by atoms with Crippen molar-refractivity contribution in [3.05, 3.63) is 0 Å². The normalized spacial score (nSPS) is 36.7. The van der Waals surface area contributed by atoms with Crippen LogP contribution in [0.4, 0.5) is 0 Å². The van der Waals surface area contributed by atoms with Gasteiger partial charge in [0, 0.05) is 17.1 Å². The molecular weight excluding hydrogens is 267 g/mol. The molecule has 0 saturated carbocycles. The van der Waals surface area contributed by atoms with Crippen molar-refractivity contribution in [3.8, 4) is 0 Å². The summed E-state index contributed by atoms with van der Waals surface area (Å²) in [5.41, 5.74) is 0. The molecule has 0 aliphatic carbocycles. The molecule has 1 saturated heterocycles. The Balaban J connectivity index is 2.45. The van der Waals surface area contributed by atoms with Gasteiger partial charge in [0.05, 0.1) is 12.7 Å². The summed E-state index contributed by atoms with van der Waals surface area (Å²) in [6.45, 7) is 3.96. The Morgan fingerprint density at radius 2 is 2.50 bits per heavy atom. The molecule has 0 aromatic heterocycles. The third-order valence-corrected chi connectivity index (χ3v) is 5.13. The number of hydrogen-bond acceptors (Lipinski definition) is 2. The van der Waals surface area contributed by atoms with E-state index in [2.05, 4.69) is 11.4 Å². The molecule has 0 N–H and O–H groups in total. The van der Waals surface area contributed by atoms with E-state index in [-0.39, 0.29) is 20.7 Å². The smallest absolute Gasteiger partial charge is 0.0820 e. The van der Waals surface area contributed by atoms with Crippen LogP contribution in [0.3, 0.4) is 0 Å². The van der Waals surface area contributed by atoms with Crippen LogP contribution in [0.15, 0.2) is 0 Å². The molecule has 0 unspecified atom stereocenters. The Bertz CT molecular complexity index is 159. The van der Waals surface area contributed by atoms with Gasteiger partial charge in [0.15, 0.2) is 0 Å². The molecule has 1 aliphatic rings. The molecule has 0 aromatic carbocycles. The van der Waals surface area contributed by atoms with Gasteiger partial charge in [-0.15, -0.1) is 20.7 Å². The van der Waals surface area contributed by atoms with Gasteiger partial charge in [0.25, 0.3) is 0 Å². The number of ether oxygens (including phenoxy) is 2.